The number of carbonyl (C=O) groups is 2. The van der Waals surface area contributed by atoms with E-state index >= 15 is 0 Å². The molecule has 0 bridgehead atoms. The lowest BCUT2D eigenvalue weighted by atomic mass is 9.93. The van der Waals surface area contributed by atoms with Crippen molar-refractivity contribution in [2.24, 2.45) is 0 Å². The van der Waals surface area contributed by atoms with Crippen molar-refractivity contribution < 1.29 is 33.0 Å². The zero-order valence-corrected chi connectivity index (χ0v) is 16.9. The van der Waals surface area contributed by atoms with Crippen molar-refractivity contribution in [2.75, 3.05) is 17.2 Å². The molecular formula is C24H17F3N2O4. The van der Waals surface area contributed by atoms with Crippen molar-refractivity contribution in [1.29, 1.82) is 0 Å². The number of aliphatic hydroxyl groups excluding tert-OH is 2. The molecule has 1 aliphatic heterocycles. The largest absolute Gasteiger partial charge is 0.393 e. The molecule has 0 spiro atoms. The van der Waals surface area contributed by atoms with Crippen LogP contribution in [0.4, 0.5) is 24.5 Å². The van der Waals surface area contributed by atoms with Crippen molar-refractivity contribution in [3.05, 3.63) is 106 Å². The first kappa shape index (κ1) is 22.3. The molecule has 0 fully saturated rings. The number of hydrogen-bond donors (Lipinski definition) is 4. The number of aliphatic hydroxyl groups is 2. The number of ketones is 2. The number of carbonyl (C=O) groups excluding carboxylic acids is 2. The summed E-state index contributed by atoms with van der Waals surface area (Å²) in [6.45, 7) is -0.673. The maximum Gasteiger partial charge on any atom is 0.203 e. The molecule has 0 amide bonds. The molecule has 0 saturated carbocycles. The van der Waals surface area contributed by atoms with Crippen LogP contribution in [-0.4, -0.2) is 28.4 Å². The van der Waals surface area contributed by atoms with E-state index in [0.717, 1.165) is 24.3 Å². The van der Waals surface area contributed by atoms with Gasteiger partial charge in [-0.15, -0.1) is 0 Å². The first-order valence-corrected chi connectivity index (χ1v) is 9.79. The van der Waals surface area contributed by atoms with Gasteiger partial charge in [0.2, 0.25) is 11.6 Å². The normalized spacial score (nSPS) is 13.1. The molecule has 1 heterocycles. The molecule has 3 aromatic carbocycles. The molecule has 0 radical (unpaired) electrons. The quantitative estimate of drug-likeness (QED) is 0.195. The smallest absolute Gasteiger partial charge is 0.203 e. The molecule has 168 valence electrons. The van der Waals surface area contributed by atoms with Crippen molar-refractivity contribution in [2.45, 2.75) is 6.10 Å². The van der Waals surface area contributed by atoms with Crippen LogP contribution in [0, 0.1) is 17.5 Å². The van der Waals surface area contributed by atoms with Crippen LogP contribution in [0.25, 0.3) is 0 Å². The molecule has 4 N–H and O–H groups in total. The number of halogens is 3. The SMILES string of the molecule is O=C(C(C(=O)c1cc(C(O)CO)ccc1F)=C1Nc2ccccc2N1)c1cc(F)cc(F)c1. The van der Waals surface area contributed by atoms with Gasteiger partial charge in [0, 0.05) is 11.6 Å². The van der Waals surface area contributed by atoms with E-state index in [1.165, 1.54) is 6.07 Å². The van der Waals surface area contributed by atoms with Gasteiger partial charge in [-0.3, -0.25) is 9.59 Å². The van der Waals surface area contributed by atoms with Crippen LogP contribution < -0.4 is 10.6 Å². The van der Waals surface area contributed by atoms with Gasteiger partial charge in [-0.05, 0) is 42.0 Å². The zero-order valence-electron chi connectivity index (χ0n) is 16.9. The minimum atomic E-state index is -1.38. The van der Waals surface area contributed by atoms with E-state index in [0.29, 0.717) is 17.4 Å². The van der Waals surface area contributed by atoms with E-state index in [9.17, 15) is 33.0 Å². The highest BCUT2D eigenvalue weighted by molar-refractivity contribution is 6.32. The number of anilines is 2. The van der Waals surface area contributed by atoms with E-state index in [2.05, 4.69) is 10.6 Å². The van der Waals surface area contributed by atoms with E-state index in [1.807, 2.05) is 0 Å². The number of Topliss-reactive ketones (excluding diaryl/α,β-unsaturated/α-hetero) is 2. The third-order valence-electron chi connectivity index (χ3n) is 5.07. The average molecular weight is 454 g/mol. The molecule has 9 heteroatoms. The number of hydrogen-bond acceptors (Lipinski definition) is 6. The fraction of sp³-hybridized carbons (Fsp3) is 0.0833. The van der Waals surface area contributed by atoms with Crippen LogP contribution in [-0.2, 0) is 0 Å². The summed E-state index contributed by atoms with van der Waals surface area (Å²) < 4.78 is 42.2. The molecule has 0 saturated heterocycles. The van der Waals surface area contributed by atoms with Crippen molar-refractivity contribution in [3.63, 3.8) is 0 Å². The minimum absolute atomic E-state index is 0.0477. The lowest BCUT2D eigenvalue weighted by Gasteiger charge is -2.14. The lowest BCUT2D eigenvalue weighted by Crippen LogP contribution is -2.22. The standard InChI is InChI=1S/C24H17F3N2O4/c25-14-7-13(8-15(26)10-14)22(32)21(24-28-18-3-1-2-4-19(18)29-24)23(33)16-9-12(20(31)11-30)5-6-17(16)27/h1-10,20,28-31H,11H2. The number of fused-ring (bicyclic) bond motifs is 1. The molecule has 33 heavy (non-hydrogen) atoms. The van der Waals surface area contributed by atoms with Crippen LogP contribution in [0.5, 0.6) is 0 Å². The summed E-state index contributed by atoms with van der Waals surface area (Å²) in [4.78, 5) is 26.7. The Morgan fingerprint density at radius 1 is 0.848 bits per heavy atom. The lowest BCUT2D eigenvalue weighted by molar-refractivity contribution is 0.0943. The number of rotatable bonds is 6. The minimum Gasteiger partial charge on any atom is -0.393 e. The van der Waals surface area contributed by atoms with E-state index in [1.54, 1.807) is 24.3 Å². The van der Waals surface area contributed by atoms with Crippen molar-refractivity contribution >= 4 is 22.9 Å². The van der Waals surface area contributed by atoms with Gasteiger partial charge >= 0.3 is 0 Å². The summed E-state index contributed by atoms with van der Waals surface area (Å²) in [5.74, 6) is -5.26. The van der Waals surface area contributed by atoms with Crippen molar-refractivity contribution in [1.82, 2.24) is 0 Å². The van der Waals surface area contributed by atoms with E-state index < -0.39 is 58.4 Å². The molecule has 6 nitrogen and oxygen atoms in total. The molecule has 1 aliphatic rings. The van der Waals surface area contributed by atoms with Gasteiger partial charge in [-0.1, -0.05) is 18.2 Å². The molecule has 0 aliphatic carbocycles. The summed E-state index contributed by atoms with van der Waals surface area (Å²) in [7, 11) is 0. The summed E-state index contributed by atoms with van der Waals surface area (Å²) in [5.41, 5.74) is -0.499. The van der Waals surface area contributed by atoms with Gasteiger partial charge in [-0.2, -0.15) is 0 Å². The summed E-state index contributed by atoms with van der Waals surface area (Å²) in [6.07, 6.45) is -1.38. The van der Waals surface area contributed by atoms with Crippen LogP contribution >= 0.6 is 0 Å². The highest BCUT2D eigenvalue weighted by atomic mass is 19.1. The second-order valence-electron chi connectivity index (χ2n) is 7.30. The molecule has 3 aromatic rings. The van der Waals surface area contributed by atoms with E-state index in [-0.39, 0.29) is 11.4 Å². The maximum atomic E-state index is 14.6. The van der Waals surface area contributed by atoms with Gasteiger partial charge in [0.15, 0.2) is 0 Å². The Balaban J connectivity index is 1.86. The van der Waals surface area contributed by atoms with Crippen LogP contribution in [0.2, 0.25) is 0 Å². The highest BCUT2D eigenvalue weighted by Crippen LogP contribution is 2.33. The average Bonchev–Trinajstić information content (AvgIpc) is 3.21. The Hall–Kier alpha value is -3.95. The Labute approximate surface area is 186 Å². The zero-order chi connectivity index (χ0) is 23.7. The molecule has 0 aromatic heterocycles. The van der Waals surface area contributed by atoms with Gasteiger partial charge < -0.3 is 20.8 Å². The monoisotopic (exact) mass is 454 g/mol. The predicted octanol–water partition coefficient (Wildman–Crippen LogP) is 3.94. The van der Waals surface area contributed by atoms with Gasteiger partial charge in [0.05, 0.1) is 23.5 Å². The Morgan fingerprint density at radius 2 is 1.45 bits per heavy atom. The molecule has 1 unspecified atom stereocenters. The second-order valence-corrected chi connectivity index (χ2v) is 7.30. The van der Waals surface area contributed by atoms with Gasteiger partial charge in [0.25, 0.3) is 0 Å². The Kier molecular flexibility index (Phi) is 5.99. The second kappa shape index (κ2) is 8.89. The first-order valence-electron chi connectivity index (χ1n) is 9.79. The molecule has 4 rings (SSSR count). The highest BCUT2D eigenvalue weighted by Gasteiger charge is 2.31. The number of allylic oxidation sites excluding steroid dienone is 1. The number of benzene rings is 3. The molecule has 1 atom stereocenters. The summed E-state index contributed by atoms with van der Waals surface area (Å²) in [6, 6.07) is 12.0. The van der Waals surface area contributed by atoms with Gasteiger partial charge in [0.1, 0.15) is 34.9 Å². The summed E-state index contributed by atoms with van der Waals surface area (Å²) in [5, 5.41) is 24.8. The van der Waals surface area contributed by atoms with Crippen molar-refractivity contribution in [3.8, 4) is 0 Å². The fourth-order valence-corrected chi connectivity index (χ4v) is 3.45. The topological polar surface area (TPSA) is 98.7 Å². The Morgan fingerprint density at radius 3 is 2.03 bits per heavy atom. The first-order chi connectivity index (χ1) is 15.8. The van der Waals surface area contributed by atoms with Gasteiger partial charge in [-0.25, -0.2) is 13.2 Å². The number of para-hydroxylation sites is 2. The third-order valence-corrected chi connectivity index (χ3v) is 5.07. The van der Waals surface area contributed by atoms with E-state index in [4.69, 9.17) is 0 Å². The predicted molar refractivity (Wildman–Crippen MR) is 114 cm³/mol. The third kappa shape index (κ3) is 4.36. The Bertz CT molecular complexity index is 1260. The van der Waals surface area contributed by atoms with Crippen LogP contribution in [0.1, 0.15) is 32.4 Å². The number of nitrogens with one attached hydrogen (secondary N) is 2. The van der Waals surface area contributed by atoms with Crippen LogP contribution in [0.15, 0.2) is 72.1 Å². The maximum absolute atomic E-state index is 14.6. The molecular weight excluding hydrogens is 437 g/mol. The summed E-state index contributed by atoms with van der Waals surface area (Å²) >= 11 is 0. The van der Waals surface area contributed by atoms with Crippen LogP contribution in [0.3, 0.4) is 0 Å². The fourth-order valence-electron chi connectivity index (χ4n) is 3.45.